The van der Waals surface area contributed by atoms with Gasteiger partial charge in [-0.3, -0.25) is 0 Å². The maximum atomic E-state index is 9.75. The molecule has 2 amide bonds. The molecule has 0 aromatic heterocycles. The van der Waals surface area contributed by atoms with Gasteiger partial charge >= 0.3 is 6.03 Å². The molecule has 1 N–H and O–H groups in total. The van der Waals surface area contributed by atoms with Gasteiger partial charge in [0, 0.05) is 0 Å². The zero-order valence-electron chi connectivity index (χ0n) is 2.75. The lowest BCUT2D eigenvalue weighted by atomic mass is 11.2. The Bertz CT molecular complexity index is 95.7. The summed E-state index contributed by atoms with van der Waals surface area (Å²) in [7, 11) is 0. The third-order valence-corrected chi connectivity index (χ3v) is 0.326. The lowest BCUT2D eigenvalue weighted by molar-refractivity contribution is 0.247. The second kappa shape index (κ2) is 0.925. The molecule has 0 bridgehead atoms. The van der Waals surface area contributed by atoms with Crippen LogP contribution in [-0.2, 0) is 0 Å². The van der Waals surface area contributed by atoms with Crippen molar-refractivity contribution in [2.45, 2.75) is 0 Å². The van der Waals surface area contributed by atoms with Crippen LogP contribution in [0.5, 0.6) is 0 Å². The number of carbonyl (C=O) groups is 1. The summed E-state index contributed by atoms with van der Waals surface area (Å²) >= 11 is 0. The van der Waals surface area contributed by atoms with E-state index in [1.54, 1.807) is 0 Å². The van der Waals surface area contributed by atoms with Crippen molar-refractivity contribution in [3.8, 4) is 0 Å². The molecule has 30 valence electrons. The van der Waals surface area contributed by atoms with Crippen LogP contribution in [-0.4, -0.2) is 6.03 Å². The Labute approximate surface area is 33.4 Å². The molecule has 5 nitrogen and oxygen atoms in total. The summed E-state index contributed by atoms with van der Waals surface area (Å²) in [6.07, 6.45) is 0. The van der Waals surface area contributed by atoms with Crippen LogP contribution in [0.3, 0.4) is 0 Å². The van der Waals surface area contributed by atoms with Gasteiger partial charge in [-0.15, -0.1) is 0 Å². The van der Waals surface area contributed by atoms with Crippen molar-refractivity contribution >= 4 is 6.03 Å². The molecule has 0 unspecified atom stereocenters. The number of urea groups is 1. The third-order valence-electron chi connectivity index (χ3n) is 0.326. The van der Waals surface area contributed by atoms with Gasteiger partial charge in [0.15, 0.2) is 0 Å². The Morgan fingerprint density at radius 3 is 2.83 bits per heavy atom. The molecule has 0 spiro atoms. The van der Waals surface area contributed by atoms with E-state index in [9.17, 15) is 4.79 Å². The van der Waals surface area contributed by atoms with Gasteiger partial charge in [-0.2, -0.15) is 0 Å². The Morgan fingerprint density at radius 1 is 1.83 bits per heavy atom. The van der Waals surface area contributed by atoms with Gasteiger partial charge < -0.3 is 0 Å². The molecule has 0 saturated carbocycles. The fourth-order valence-electron chi connectivity index (χ4n) is 0.153. The number of amides is 2. The molecular formula is CHN4O+. The predicted molar refractivity (Wildman–Crippen MR) is 15.2 cm³/mol. The first-order chi connectivity index (χ1) is 2.89. The number of carbonyl (C=O) groups excluding carboxylic acids is 1. The third kappa shape index (κ3) is 0.291. The van der Waals surface area contributed by atoms with Crippen LogP contribution in [0.15, 0.2) is 5.22 Å². The molecule has 0 aromatic carbocycles. The molecule has 0 aromatic rings. The first-order valence-corrected chi connectivity index (χ1v) is 1.30. The van der Waals surface area contributed by atoms with E-state index in [0.29, 0.717) is 0 Å². The standard InChI is InChI=1S/CHN4O/c6-1-2-4-5-3-1/h4H/q+1. The van der Waals surface area contributed by atoms with Crippen molar-refractivity contribution in [3.05, 3.63) is 0 Å². The molecule has 1 rings (SSSR count). The van der Waals surface area contributed by atoms with Gasteiger partial charge in [0.05, 0.1) is 5.11 Å². The highest BCUT2D eigenvalue weighted by Gasteiger charge is 2.18. The number of nitrogens with zero attached hydrogens (tertiary/aromatic N) is 3. The van der Waals surface area contributed by atoms with Gasteiger partial charge in [-0.05, 0) is 5.53 Å². The van der Waals surface area contributed by atoms with Crippen LogP contribution in [0.2, 0.25) is 0 Å². The first-order valence-electron chi connectivity index (χ1n) is 1.30. The molecule has 0 fully saturated rings. The van der Waals surface area contributed by atoms with Crippen molar-refractivity contribution in [2.75, 3.05) is 0 Å². The van der Waals surface area contributed by atoms with E-state index in [4.69, 9.17) is 0 Å². The number of rotatable bonds is 0. The monoisotopic (exact) mass is 85.0 g/mol. The lowest BCUT2D eigenvalue weighted by Gasteiger charge is -1.55. The highest BCUT2D eigenvalue weighted by Crippen LogP contribution is 1.66. The Hall–Kier alpha value is -1.13. The van der Waals surface area contributed by atoms with Crippen molar-refractivity contribution < 1.29 is 4.79 Å². The second-order valence-electron chi connectivity index (χ2n) is 0.694. The summed E-state index contributed by atoms with van der Waals surface area (Å²) in [4.78, 5) is 9.75. The molecule has 0 atom stereocenters. The molecule has 1 aliphatic rings. The molecule has 0 aliphatic carbocycles. The minimum absolute atomic E-state index is 0.574. The Morgan fingerprint density at radius 2 is 2.67 bits per heavy atom. The smallest absolute Gasteiger partial charge is 0.201 e. The van der Waals surface area contributed by atoms with Crippen LogP contribution in [0.25, 0.3) is 0 Å². The highest BCUT2D eigenvalue weighted by molar-refractivity contribution is 5.71. The van der Waals surface area contributed by atoms with Gasteiger partial charge in [0.1, 0.15) is 10.6 Å². The maximum Gasteiger partial charge on any atom is 0.567 e. The van der Waals surface area contributed by atoms with Crippen LogP contribution in [0, 0.1) is 0 Å². The summed E-state index contributed by atoms with van der Waals surface area (Å²) in [5, 5.41) is 5.97. The van der Waals surface area contributed by atoms with E-state index < -0.39 is 6.03 Å². The van der Waals surface area contributed by atoms with Crippen molar-refractivity contribution in [1.29, 1.82) is 0 Å². The zero-order valence-corrected chi connectivity index (χ0v) is 2.75. The van der Waals surface area contributed by atoms with Gasteiger partial charge in [0.2, 0.25) is 0 Å². The van der Waals surface area contributed by atoms with Gasteiger partial charge in [-0.1, -0.05) is 0 Å². The average molecular weight is 85.0 g/mol. The predicted octanol–water partition coefficient (Wildman–Crippen LogP) is -1.07. The zero-order chi connectivity index (χ0) is 4.41. The number of hydrogen-bond acceptors (Lipinski definition) is 3. The Kier molecular flexibility index (Phi) is 0.474. The van der Waals surface area contributed by atoms with Crippen LogP contribution < -0.4 is 16.1 Å². The molecule has 2 radical (unpaired) electrons. The highest BCUT2D eigenvalue weighted by atomic mass is 16.2. The average Bonchev–Trinajstić information content (AvgIpc) is 1.86. The first kappa shape index (κ1) is 3.08. The molecule has 5 heteroatoms. The van der Waals surface area contributed by atoms with E-state index in [-0.39, 0.29) is 0 Å². The summed E-state index contributed by atoms with van der Waals surface area (Å²) < 4.78 is 0. The number of hydrogen-bond donors (Lipinski definition) is 1. The van der Waals surface area contributed by atoms with E-state index >= 15 is 0 Å². The molecule has 1 aliphatic heterocycles. The fourth-order valence-corrected chi connectivity index (χ4v) is 0.153. The van der Waals surface area contributed by atoms with Crippen molar-refractivity contribution in [3.63, 3.8) is 0 Å². The summed E-state index contributed by atoms with van der Waals surface area (Å²) in [6.45, 7) is 0. The minimum Gasteiger partial charge on any atom is -0.201 e. The number of nitrogens with one attached hydrogen (secondary N) is 1. The fraction of sp³-hybridized carbons (Fsp3) is 0. The summed E-state index contributed by atoms with van der Waals surface area (Å²) in [5.74, 6) is 0. The quantitative estimate of drug-likeness (QED) is 0.407. The summed E-state index contributed by atoms with van der Waals surface area (Å²) in [6, 6.07) is -0.574. The van der Waals surface area contributed by atoms with E-state index in [1.807, 2.05) is 5.53 Å². The SMILES string of the molecule is O=C1[N]NN=[N+]1. The maximum absolute atomic E-state index is 9.75. The molecule has 6 heavy (non-hydrogen) atoms. The topological polar surface area (TPSA) is 69.7 Å². The van der Waals surface area contributed by atoms with Crippen LogP contribution in [0.4, 0.5) is 4.79 Å². The molecule has 0 saturated heterocycles. The van der Waals surface area contributed by atoms with Crippen LogP contribution >= 0.6 is 0 Å². The minimum atomic E-state index is -0.574. The Balaban J connectivity index is 2.59. The molecular weight excluding hydrogens is 84.0 g/mol. The largest absolute Gasteiger partial charge is 0.567 e. The van der Waals surface area contributed by atoms with E-state index in [2.05, 4.69) is 15.8 Å². The van der Waals surface area contributed by atoms with Gasteiger partial charge in [-0.25, -0.2) is 4.79 Å². The van der Waals surface area contributed by atoms with Crippen molar-refractivity contribution in [2.24, 2.45) is 5.22 Å². The second-order valence-corrected chi connectivity index (χ2v) is 0.694. The van der Waals surface area contributed by atoms with E-state index in [1.165, 1.54) is 0 Å². The van der Waals surface area contributed by atoms with Crippen LogP contribution in [0.1, 0.15) is 0 Å². The normalized spacial score (nSPS) is 17.0. The van der Waals surface area contributed by atoms with Gasteiger partial charge in [0.25, 0.3) is 0 Å². The lowest BCUT2D eigenvalue weighted by Crippen LogP contribution is -2.16. The molecule has 1 heterocycles. The van der Waals surface area contributed by atoms with E-state index in [0.717, 1.165) is 0 Å². The van der Waals surface area contributed by atoms with Crippen molar-refractivity contribution in [1.82, 2.24) is 16.1 Å². The summed E-state index contributed by atoms with van der Waals surface area (Å²) in [5.41, 5.74) is 5.02.